The Morgan fingerprint density at radius 3 is 2.46 bits per heavy atom. The number of halogens is 2. The number of hydrogen-bond acceptors (Lipinski definition) is 2. The molecule has 0 aliphatic carbocycles. The van der Waals surface area contributed by atoms with E-state index in [0.29, 0.717) is 41.9 Å². The lowest BCUT2D eigenvalue weighted by Gasteiger charge is -2.34. The van der Waals surface area contributed by atoms with Crippen LogP contribution in [-0.2, 0) is 4.79 Å². The second-order valence-electron chi connectivity index (χ2n) is 5.82. The summed E-state index contributed by atoms with van der Waals surface area (Å²) in [6, 6.07) is 4.79. The van der Waals surface area contributed by atoms with Gasteiger partial charge in [0.1, 0.15) is 0 Å². The molecule has 2 rings (SSSR count). The number of piperidine rings is 1. The van der Waals surface area contributed by atoms with Crippen molar-refractivity contribution >= 4 is 40.8 Å². The van der Waals surface area contributed by atoms with Crippen molar-refractivity contribution in [2.75, 3.05) is 31.5 Å². The molecule has 1 heterocycles. The van der Waals surface area contributed by atoms with Crippen molar-refractivity contribution in [1.82, 2.24) is 9.80 Å². The maximum absolute atomic E-state index is 12.5. The van der Waals surface area contributed by atoms with Gasteiger partial charge in [0, 0.05) is 26.2 Å². The van der Waals surface area contributed by atoms with E-state index in [2.05, 4.69) is 5.32 Å². The van der Waals surface area contributed by atoms with Gasteiger partial charge in [-0.3, -0.25) is 4.79 Å². The normalized spacial score (nSPS) is 17.5. The van der Waals surface area contributed by atoms with Crippen molar-refractivity contribution in [3.63, 3.8) is 0 Å². The molecule has 0 saturated carbocycles. The van der Waals surface area contributed by atoms with Crippen LogP contribution in [0.25, 0.3) is 0 Å². The van der Waals surface area contributed by atoms with Gasteiger partial charge in [-0.25, -0.2) is 4.79 Å². The number of carbonyl (C=O) groups excluding carboxylic acids is 2. The van der Waals surface area contributed by atoms with Gasteiger partial charge in [0.05, 0.1) is 21.7 Å². The average Bonchev–Trinajstić information content (AvgIpc) is 2.59. The summed E-state index contributed by atoms with van der Waals surface area (Å²) in [6.07, 6.45) is 1.62. The number of anilines is 1. The van der Waals surface area contributed by atoms with E-state index in [1.807, 2.05) is 18.7 Å². The summed E-state index contributed by atoms with van der Waals surface area (Å²) in [6.45, 7) is 6.35. The Bertz CT molecular complexity index is 585. The van der Waals surface area contributed by atoms with Crippen molar-refractivity contribution in [2.45, 2.75) is 26.7 Å². The molecule has 1 aromatic carbocycles. The highest BCUT2D eigenvalue weighted by Gasteiger charge is 2.30. The molecule has 1 unspecified atom stereocenters. The van der Waals surface area contributed by atoms with E-state index in [1.165, 1.54) is 0 Å². The van der Waals surface area contributed by atoms with E-state index in [1.54, 1.807) is 23.1 Å². The lowest BCUT2D eigenvalue weighted by atomic mass is 9.96. The van der Waals surface area contributed by atoms with Crippen molar-refractivity contribution < 1.29 is 9.59 Å². The molecule has 1 fully saturated rings. The molecule has 0 aromatic heterocycles. The molecular formula is C17H23Cl2N3O2. The van der Waals surface area contributed by atoms with Gasteiger partial charge in [0.2, 0.25) is 5.91 Å². The third-order valence-electron chi connectivity index (χ3n) is 4.33. The molecule has 1 aliphatic rings. The highest BCUT2D eigenvalue weighted by molar-refractivity contribution is 6.39. The summed E-state index contributed by atoms with van der Waals surface area (Å²) in [5, 5.41) is 3.55. The predicted octanol–water partition coefficient (Wildman–Crippen LogP) is 4.11. The third-order valence-corrected chi connectivity index (χ3v) is 4.96. The number of nitrogens with one attached hydrogen (secondary N) is 1. The zero-order valence-electron chi connectivity index (χ0n) is 14.0. The summed E-state index contributed by atoms with van der Waals surface area (Å²) >= 11 is 12.2. The van der Waals surface area contributed by atoms with Crippen LogP contribution in [-0.4, -0.2) is 47.9 Å². The van der Waals surface area contributed by atoms with Crippen molar-refractivity contribution in [2.24, 2.45) is 5.92 Å². The van der Waals surface area contributed by atoms with E-state index in [9.17, 15) is 9.59 Å². The molecule has 132 valence electrons. The standard InChI is InChI=1S/C17H23Cl2N3O2/c1-3-21(4-2)16(23)12-7-6-10-22(11-12)17(24)20-15-13(18)8-5-9-14(15)19/h5,8-9,12H,3-4,6-7,10-11H2,1-2H3,(H,20,24). The molecule has 1 saturated heterocycles. The Kier molecular flexibility index (Phi) is 6.75. The molecule has 0 radical (unpaired) electrons. The Labute approximate surface area is 152 Å². The molecule has 1 atom stereocenters. The predicted molar refractivity (Wildman–Crippen MR) is 97.7 cm³/mol. The molecule has 24 heavy (non-hydrogen) atoms. The number of hydrogen-bond donors (Lipinski definition) is 1. The SMILES string of the molecule is CCN(CC)C(=O)C1CCCN(C(=O)Nc2c(Cl)cccc2Cl)C1. The summed E-state index contributed by atoms with van der Waals surface area (Å²) in [5.74, 6) is -0.0283. The molecule has 1 aliphatic heterocycles. The first-order valence-corrected chi connectivity index (χ1v) is 9.02. The summed E-state index contributed by atoms with van der Waals surface area (Å²) in [4.78, 5) is 28.5. The Morgan fingerprint density at radius 1 is 1.25 bits per heavy atom. The summed E-state index contributed by atoms with van der Waals surface area (Å²) < 4.78 is 0. The number of carbonyl (C=O) groups is 2. The van der Waals surface area contributed by atoms with Crippen LogP contribution in [0.15, 0.2) is 18.2 Å². The topological polar surface area (TPSA) is 52.7 Å². The quantitative estimate of drug-likeness (QED) is 0.865. The monoisotopic (exact) mass is 371 g/mol. The molecule has 0 spiro atoms. The molecule has 3 amide bonds. The molecule has 1 N–H and O–H groups in total. The summed E-state index contributed by atoms with van der Waals surface area (Å²) in [5.41, 5.74) is 0.406. The van der Waals surface area contributed by atoms with Gasteiger partial charge >= 0.3 is 6.03 Å². The van der Waals surface area contributed by atoms with Crippen LogP contribution >= 0.6 is 23.2 Å². The Morgan fingerprint density at radius 2 is 1.88 bits per heavy atom. The van der Waals surface area contributed by atoms with Crippen molar-refractivity contribution in [3.05, 3.63) is 28.2 Å². The minimum atomic E-state index is -0.276. The highest BCUT2D eigenvalue weighted by atomic mass is 35.5. The fourth-order valence-electron chi connectivity index (χ4n) is 2.96. The van der Waals surface area contributed by atoms with Gasteiger partial charge in [-0.15, -0.1) is 0 Å². The van der Waals surface area contributed by atoms with Gasteiger partial charge in [0.25, 0.3) is 0 Å². The number of rotatable bonds is 4. The van der Waals surface area contributed by atoms with E-state index in [0.717, 1.165) is 12.8 Å². The third kappa shape index (κ3) is 4.33. The number of urea groups is 1. The fourth-order valence-corrected chi connectivity index (χ4v) is 3.45. The molecule has 1 aromatic rings. The second-order valence-corrected chi connectivity index (χ2v) is 6.64. The van der Waals surface area contributed by atoms with Crippen LogP contribution in [0.5, 0.6) is 0 Å². The van der Waals surface area contributed by atoms with Gasteiger partial charge in [0.15, 0.2) is 0 Å². The number of amides is 3. The fraction of sp³-hybridized carbons (Fsp3) is 0.529. The van der Waals surface area contributed by atoms with E-state index < -0.39 is 0 Å². The molecule has 7 heteroatoms. The molecule has 0 bridgehead atoms. The molecular weight excluding hydrogens is 349 g/mol. The Balaban J connectivity index is 2.04. The summed E-state index contributed by atoms with van der Waals surface area (Å²) in [7, 11) is 0. The maximum atomic E-state index is 12.5. The zero-order valence-corrected chi connectivity index (χ0v) is 15.5. The minimum absolute atomic E-state index is 0.119. The second kappa shape index (κ2) is 8.58. The van der Waals surface area contributed by atoms with Gasteiger partial charge in [-0.05, 0) is 38.8 Å². The lowest BCUT2D eigenvalue weighted by molar-refractivity contribution is -0.136. The van der Waals surface area contributed by atoms with Crippen molar-refractivity contribution in [3.8, 4) is 0 Å². The van der Waals surface area contributed by atoms with Gasteiger partial charge in [-0.1, -0.05) is 29.3 Å². The maximum Gasteiger partial charge on any atom is 0.321 e. The van der Waals surface area contributed by atoms with Crippen LogP contribution in [0, 0.1) is 5.92 Å². The largest absolute Gasteiger partial charge is 0.343 e. The number of para-hydroxylation sites is 1. The highest BCUT2D eigenvalue weighted by Crippen LogP contribution is 2.30. The minimum Gasteiger partial charge on any atom is -0.343 e. The van der Waals surface area contributed by atoms with Crippen LogP contribution in [0.1, 0.15) is 26.7 Å². The average molecular weight is 372 g/mol. The van der Waals surface area contributed by atoms with Gasteiger partial charge in [-0.2, -0.15) is 0 Å². The van der Waals surface area contributed by atoms with E-state index >= 15 is 0 Å². The molecule has 5 nitrogen and oxygen atoms in total. The number of likely N-dealkylation sites (tertiary alicyclic amines) is 1. The van der Waals surface area contributed by atoms with Crippen LogP contribution in [0.4, 0.5) is 10.5 Å². The first-order chi connectivity index (χ1) is 11.5. The zero-order chi connectivity index (χ0) is 17.7. The van der Waals surface area contributed by atoms with Crippen LogP contribution in [0.2, 0.25) is 10.0 Å². The van der Waals surface area contributed by atoms with Gasteiger partial charge < -0.3 is 15.1 Å². The van der Waals surface area contributed by atoms with Crippen LogP contribution in [0.3, 0.4) is 0 Å². The lowest BCUT2D eigenvalue weighted by Crippen LogP contribution is -2.48. The number of nitrogens with zero attached hydrogens (tertiary/aromatic N) is 2. The van der Waals surface area contributed by atoms with E-state index in [4.69, 9.17) is 23.2 Å². The smallest absolute Gasteiger partial charge is 0.321 e. The van der Waals surface area contributed by atoms with Crippen LogP contribution < -0.4 is 5.32 Å². The number of benzene rings is 1. The Hall–Kier alpha value is -1.46. The first-order valence-electron chi connectivity index (χ1n) is 8.26. The van der Waals surface area contributed by atoms with E-state index in [-0.39, 0.29) is 17.9 Å². The van der Waals surface area contributed by atoms with Crippen molar-refractivity contribution in [1.29, 1.82) is 0 Å². The first kappa shape index (κ1) is 18.9.